The van der Waals surface area contributed by atoms with Crippen molar-refractivity contribution in [3.05, 3.63) is 78.1 Å². The number of piperidine rings is 1. The Morgan fingerprint density at radius 1 is 0.800 bits per heavy atom. The second-order valence-corrected chi connectivity index (χ2v) is 9.75. The molecular formula is C29H34N4O2. The molecule has 2 aromatic carbocycles. The Balaban J connectivity index is 1.24. The number of hydrogen-bond donors (Lipinski definition) is 0. The van der Waals surface area contributed by atoms with Crippen LogP contribution in [0, 0.1) is 5.92 Å². The minimum atomic E-state index is 0.0507. The first-order chi connectivity index (χ1) is 17.2. The summed E-state index contributed by atoms with van der Waals surface area (Å²) in [7, 11) is 0. The van der Waals surface area contributed by atoms with Gasteiger partial charge < -0.3 is 9.80 Å². The van der Waals surface area contributed by atoms with Crippen molar-refractivity contribution < 1.29 is 9.59 Å². The number of amides is 2. The van der Waals surface area contributed by atoms with Gasteiger partial charge in [0, 0.05) is 50.1 Å². The molecule has 1 aromatic heterocycles. The maximum atomic E-state index is 13.5. The molecular weight excluding hydrogens is 436 g/mol. The zero-order chi connectivity index (χ0) is 24.0. The van der Waals surface area contributed by atoms with Gasteiger partial charge in [-0.1, -0.05) is 55.3 Å². The van der Waals surface area contributed by atoms with Crippen molar-refractivity contribution in [1.29, 1.82) is 0 Å². The van der Waals surface area contributed by atoms with Crippen LogP contribution in [0.1, 0.15) is 54.4 Å². The number of carbonyl (C=O) groups is 2. The summed E-state index contributed by atoms with van der Waals surface area (Å²) in [4.78, 5) is 30.5. The van der Waals surface area contributed by atoms with Crippen LogP contribution < -0.4 is 0 Å². The van der Waals surface area contributed by atoms with Crippen LogP contribution in [0.2, 0.25) is 0 Å². The third-order valence-corrected chi connectivity index (χ3v) is 7.38. The molecule has 0 radical (unpaired) electrons. The van der Waals surface area contributed by atoms with Crippen LogP contribution in [0.15, 0.2) is 67.0 Å². The van der Waals surface area contributed by atoms with Crippen LogP contribution in [0.4, 0.5) is 0 Å². The zero-order valence-corrected chi connectivity index (χ0v) is 20.3. The predicted octanol–water partition coefficient (Wildman–Crippen LogP) is 4.85. The topological polar surface area (TPSA) is 58.4 Å². The Kier molecular flexibility index (Phi) is 7.26. The smallest absolute Gasteiger partial charge is 0.254 e. The van der Waals surface area contributed by atoms with Gasteiger partial charge in [0.2, 0.25) is 5.91 Å². The van der Waals surface area contributed by atoms with Gasteiger partial charge in [-0.2, -0.15) is 5.10 Å². The van der Waals surface area contributed by atoms with E-state index in [1.54, 1.807) is 6.20 Å². The minimum absolute atomic E-state index is 0.0507. The monoisotopic (exact) mass is 470 g/mol. The van der Waals surface area contributed by atoms with Crippen LogP contribution in [0.3, 0.4) is 0 Å². The Morgan fingerprint density at radius 3 is 2.20 bits per heavy atom. The number of carbonyl (C=O) groups excluding carboxylic acids is 2. The van der Waals surface area contributed by atoms with E-state index in [9.17, 15) is 9.59 Å². The first-order valence-corrected chi connectivity index (χ1v) is 12.9. The lowest BCUT2D eigenvalue weighted by molar-refractivity contribution is -0.136. The van der Waals surface area contributed by atoms with Crippen molar-refractivity contribution in [3.8, 4) is 11.1 Å². The van der Waals surface area contributed by atoms with Gasteiger partial charge in [0.05, 0.1) is 6.54 Å². The van der Waals surface area contributed by atoms with Crippen LogP contribution in [-0.4, -0.2) is 57.6 Å². The van der Waals surface area contributed by atoms with Crippen LogP contribution in [0.25, 0.3) is 11.1 Å². The molecule has 2 amide bonds. The molecule has 0 atom stereocenters. The second-order valence-electron chi connectivity index (χ2n) is 9.75. The van der Waals surface area contributed by atoms with Gasteiger partial charge in [-0.05, 0) is 54.5 Å². The third-order valence-electron chi connectivity index (χ3n) is 7.38. The van der Waals surface area contributed by atoms with E-state index in [4.69, 9.17) is 0 Å². The molecule has 2 aliphatic rings. The van der Waals surface area contributed by atoms with E-state index in [2.05, 4.69) is 34.3 Å². The van der Waals surface area contributed by atoms with E-state index < -0.39 is 0 Å². The maximum absolute atomic E-state index is 13.5. The first-order valence-electron chi connectivity index (χ1n) is 12.9. The lowest BCUT2D eigenvalue weighted by Gasteiger charge is -2.34. The highest BCUT2D eigenvalue weighted by Crippen LogP contribution is 2.28. The molecule has 2 fully saturated rings. The summed E-state index contributed by atoms with van der Waals surface area (Å²) in [6.45, 7) is 3.79. The van der Waals surface area contributed by atoms with Crippen molar-refractivity contribution >= 4 is 11.8 Å². The Labute approximate surface area is 207 Å². The average molecular weight is 471 g/mol. The van der Waals surface area contributed by atoms with E-state index in [0.717, 1.165) is 67.6 Å². The normalized spacial score (nSPS) is 17.3. The summed E-state index contributed by atoms with van der Waals surface area (Å²) in [5.41, 5.74) is 3.87. The van der Waals surface area contributed by atoms with Gasteiger partial charge in [0.1, 0.15) is 0 Å². The van der Waals surface area contributed by atoms with Gasteiger partial charge in [0.15, 0.2) is 0 Å². The zero-order valence-electron chi connectivity index (χ0n) is 20.3. The molecule has 2 aliphatic heterocycles. The molecule has 2 saturated heterocycles. The quantitative estimate of drug-likeness (QED) is 0.535. The van der Waals surface area contributed by atoms with Crippen LogP contribution in [-0.2, 0) is 11.3 Å². The molecule has 0 bridgehead atoms. The summed E-state index contributed by atoms with van der Waals surface area (Å²) in [5, 5.41) is 4.27. The molecule has 0 N–H and O–H groups in total. The highest BCUT2D eigenvalue weighted by molar-refractivity contribution is 6.01. The Bertz CT molecular complexity index is 1120. The van der Waals surface area contributed by atoms with Gasteiger partial charge in [-0.15, -0.1) is 0 Å². The predicted molar refractivity (Wildman–Crippen MR) is 137 cm³/mol. The Morgan fingerprint density at radius 2 is 1.51 bits per heavy atom. The molecule has 5 rings (SSSR count). The van der Waals surface area contributed by atoms with E-state index in [-0.39, 0.29) is 11.8 Å². The van der Waals surface area contributed by atoms with Crippen molar-refractivity contribution in [3.63, 3.8) is 0 Å². The number of benzene rings is 2. The SMILES string of the molecule is O=C(c1ccccc1-c1ccc(Cn2cccn2)cc1)N1CCC(C(=O)N2CCCCCC2)CC1. The molecule has 3 aromatic rings. The molecule has 6 nitrogen and oxygen atoms in total. The fourth-order valence-corrected chi connectivity index (χ4v) is 5.34. The summed E-state index contributed by atoms with van der Waals surface area (Å²) in [5.74, 6) is 0.409. The molecule has 0 saturated carbocycles. The van der Waals surface area contributed by atoms with Crippen LogP contribution in [0.5, 0.6) is 0 Å². The largest absolute Gasteiger partial charge is 0.342 e. The van der Waals surface area contributed by atoms with E-state index >= 15 is 0 Å². The first kappa shape index (κ1) is 23.3. The summed E-state index contributed by atoms with van der Waals surface area (Å²) >= 11 is 0. The Hall–Kier alpha value is -3.41. The molecule has 182 valence electrons. The number of aromatic nitrogens is 2. The molecule has 3 heterocycles. The van der Waals surface area contributed by atoms with Gasteiger partial charge >= 0.3 is 0 Å². The minimum Gasteiger partial charge on any atom is -0.342 e. The molecule has 6 heteroatoms. The van der Waals surface area contributed by atoms with E-state index in [1.807, 2.05) is 46.1 Å². The second kappa shape index (κ2) is 10.9. The average Bonchev–Trinajstić information content (AvgIpc) is 3.27. The highest BCUT2D eigenvalue weighted by atomic mass is 16.2. The molecule has 35 heavy (non-hydrogen) atoms. The van der Waals surface area contributed by atoms with E-state index in [1.165, 1.54) is 12.8 Å². The number of rotatable bonds is 5. The lowest BCUT2D eigenvalue weighted by atomic mass is 9.93. The van der Waals surface area contributed by atoms with Gasteiger partial charge in [-0.25, -0.2) is 0 Å². The lowest BCUT2D eigenvalue weighted by Crippen LogP contribution is -2.44. The van der Waals surface area contributed by atoms with Gasteiger partial charge in [-0.3, -0.25) is 14.3 Å². The van der Waals surface area contributed by atoms with Crippen molar-refractivity contribution in [2.45, 2.75) is 45.1 Å². The van der Waals surface area contributed by atoms with Crippen LogP contribution >= 0.6 is 0 Å². The van der Waals surface area contributed by atoms with Gasteiger partial charge in [0.25, 0.3) is 5.91 Å². The standard InChI is InChI=1S/C29H34N4O2/c34-28(31-17-5-1-2-6-18-31)25-14-20-32(21-15-25)29(35)27-9-4-3-8-26(27)24-12-10-23(11-13-24)22-33-19-7-16-30-33/h3-4,7-13,16,19,25H,1-2,5-6,14-15,17-18,20-22H2. The summed E-state index contributed by atoms with van der Waals surface area (Å²) < 4.78 is 1.90. The van der Waals surface area contributed by atoms with Crippen molar-refractivity contribution in [1.82, 2.24) is 19.6 Å². The number of hydrogen-bond acceptors (Lipinski definition) is 3. The molecule has 0 aliphatic carbocycles. The fourth-order valence-electron chi connectivity index (χ4n) is 5.34. The highest BCUT2D eigenvalue weighted by Gasteiger charge is 2.31. The number of nitrogens with zero attached hydrogens (tertiary/aromatic N) is 4. The third kappa shape index (κ3) is 5.47. The van der Waals surface area contributed by atoms with Crippen molar-refractivity contribution in [2.75, 3.05) is 26.2 Å². The number of likely N-dealkylation sites (tertiary alicyclic amines) is 2. The fraction of sp³-hybridized carbons (Fsp3) is 0.414. The summed E-state index contributed by atoms with van der Waals surface area (Å²) in [6.07, 6.45) is 9.92. The summed E-state index contributed by atoms with van der Waals surface area (Å²) in [6, 6.07) is 18.1. The molecule has 0 unspecified atom stereocenters. The van der Waals surface area contributed by atoms with E-state index in [0.29, 0.717) is 19.0 Å². The maximum Gasteiger partial charge on any atom is 0.254 e. The molecule has 0 spiro atoms. The van der Waals surface area contributed by atoms with Crippen molar-refractivity contribution in [2.24, 2.45) is 5.92 Å².